The number of hydrogen-bond acceptors (Lipinski definition) is 6. The molecule has 6 rings (SSSR count). The average Bonchev–Trinajstić information content (AvgIpc) is 3.79. The molecule has 0 spiro atoms. The molecule has 2 aliphatic rings. The predicted octanol–water partition coefficient (Wildman–Crippen LogP) is 4.49. The summed E-state index contributed by atoms with van der Waals surface area (Å²) >= 11 is 0. The van der Waals surface area contributed by atoms with E-state index in [0.29, 0.717) is 35.6 Å². The predicted molar refractivity (Wildman–Crippen MR) is 150 cm³/mol. The number of fused-ring (bicyclic) bond motifs is 1. The highest BCUT2D eigenvalue weighted by Gasteiger charge is 2.50. The van der Waals surface area contributed by atoms with E-state index in [1.165, 1.54) is 18.7 Å². The number of sulfonamides is 1. The number of carbonyl (C=O) groups is 1. The number of aromatic nitrogens is 1. The van der Waals surface area contributed by atoms with Gasteiger partial charge in [-0.15, -0.1) is 0 Å². The molecule has 1 saturated carbocycles. The van der Waals surface area contributed by atoms with Crippen LogP contribution in [0, 0.1) is 0 Å². The monoisotopic (exact) mass is 542 g/mol. The van der Waals surface area contributed by atoms with Gasteiger partial charge in [-0.2, -0.15) is 0 Å². The Labute approximate surface area is 228 Å². The van der Waals surface area contributed by atoms with Gasteiger partial charge in [-0.25, -0.2) is 8.42 Å². The Hall–Kier alpha value is -3.95. The molecule has 0 bridgehead atoms. The van der Waals surface area contributed by atoms with Gasteiger partial charge in [0.2, 0.25) is 0 Å². The summed E-state index contributed by atoms with van der Waals surface area (Å²) in [6.07, 6.45) is 3.85. The number of rotatable bonds is 7. The minimum Gasteiger partial charge on any atom is -0.496 e. The Morgan fingerprint density at radius 3 is 2.38 bits per heavy atom. The van der Waals surface area contributed by atoms with Crippen molar-refractivity contribution in [2.45, 2.75) is 23.3 Å². The molecule has 4 aromatic rings. The van der Waals surface area contributed by atoms with Gasteiger partial charge in [0.15, 0.2) is 0 Å². The number of nitrogens with one attached hydrogen (secondary N) is 1. The largest absolute Gasteiger partial charge is 0.496 e. The third kappa shape index (κ3) is 4.72. The average molecular weight is 543 g/mol. The number of amides is 1. The van der Waals surface area contributed by atoms with Crippen LogP contribution in [0.1, 0.15) is 28.8 Å². The fraction of sp³-hybridized carbons (Fsp3) is 0.267. The van der Waals surface area contributed by atoms with E-state index < -0.39 is 10.0 Å². The molecule has 200 valence electrons. The fourth-order valence-corrected chi connectivity index (χ4v) is 6.83. The van der Waals surface area contributed by atoms with Crippen molar-refractivity contribution in [2.75, 3.05) is 38.0 Å². The maximum atomic E-state index is 13.5. The van der Waals surface area contributed by atoms with E-state index in [-0.39, 0.29) is 16.3 Å². The van der Waals surface area contributed by atoms with Crippen molar-refractivity contribution in [3.8, 4) is 5.75 Å². The molecule has 1 aromatic heterocycles. The second-order valence-corrected chi connectivity index (χ2v) is 11.7. The van der Waals surface area contributed by atoms with Crippen LogP contribution in [0.15, 0.2) is 90.0 Å². The maximum absolute atomic E-state index is 13.5. The highest BCUT2D eigenvalue weighted by molar-refractivity contribution is 7.93. The van der Waals surface area contributed by atoms with Crippen LogP contribution in [0.2, 0.25) is 0 Å². The van der Waals surface area contributed by atoms with E-state index in [1.54, 1.807) is 36.5 Å². The molecule has 0 atom stereocenters. The van der Waals surface area contributed by atoms with Crippen LogP contribution < -0.4 is 9.46 Å². The third-order valence-electron chi connectivity index (χ3n) is 7.78. The lowest BCUT2D eigenvalue weighted by Gasteiger charge is -2.40. The molecular formula is C30H30N4O4S. The second kappa shape index (κ2) is 9.98. The van der Waals surface area contributed by atoms with Gasteiger partial charge >= 0.3 is 0 Å². The first-order chi connectivity index (χ1) is 18.9. The highest BCUT2D eigenvalue weighted by Crippen LogP contribution is 2.51. The van der Waals surface area contributed by atoms with Crippen LogP contribution in [-0.2, 0) is 15.6 Å². The van der Waals surface area contributed by atoms with Gasteiger partial charge in [-0.05, 0) is 42.7 Å². The minimum absolute atomic E-state index is 0.0847. The zero-order valence-electron chi connectivity index (χ0n) is 21.7. The van der Waals surface area contributed by atoms with Crippen LogP contribution >= 0.6 is 0 Å². The number of nitrogens with zero attached hydrogens (tertiary/aromatic N) is 3. The zero-order chi connectivity index (χ0) is 27.0. The van der Waals surface area contributed by atoms with Crippen LogP contribution in [-0.4, -0.2) is 62.4 Å². The van der Waals surface area contributed by atoms with E-state index in [1.807, 2.05) is 23.1 Å². The smallest absolute Gasteiger partial charge is 0.264 e. The van der Waals surface area contributed by atoms with Crippen molar-refractivity contribution >= 4 is 32.5 Å². The minimum atomic E-state index is -3.92. The van der Waals surface area contributed by atoms with Gasteiger partial charge in [0.05, 0.1) is 23.9 Å². The van der Waals surface area contributed by atoms with Crippen molar-refractivity contribution in [2.24, 2.45) is 0 Å². The molecule has 9 heteroatoms. The summed E-state index contributed by atoms with van der Waals surface area (Å²) in [6, 6.07) is 24.0. The van der Waals surface area contributed by atoms with Gasteiger partial charge in [-0.3, -0.25) is 19.4 Å². The topological polar surface area (TPSA) is 91.8 Å². The number of methoxy groups -OCH3 is 1. The summed E-state index contributed by atoms with van der Waals surface area (Å²) in [4.78, 5) is 22.2. The van der Waals surface area contributed by atoms with Crippen LogP contribution in [0.5, 0.6) is 5.75 Å². The van der Waals surface area contributed by atoms with E-state index in [4.69, 9.17) is 4.74 Å². The summed E-state index contributed by atoms with van der Waals surface area (Å²) in [5, 5.41) is 0.732. The van der Waals surface area contributed by atoms with Crippen molar-refractivity contribution in [1.29, 1.82) is 0 Å². The van der Waals surface area contributed by atoms with Crippen LogP contribution in [0.3, 0.4) is 0 Å². The van der Waals surface area contributed by atoms with E-state index in [2.05, 4.69) is 38.9 Å². The van der Waals surface area contributed by atoms with Gasteiger partial charge in [0.1, 0.15) is 10.6 Å². The van der Waals surface area contributed by atoms with Crippen molar-refractivity contribution in [3.63, 3.8) is 0 Å². The first-order valence-corrected chi connectivity index (χ1v) is 14.5. The standard InChI is InChI=1S/C30H30N4O4S/c1-38-26-21-24(32-39(36,37)27-11-5-7-22-8-6-16-31-28(22)27)12-13-25(26)29(35)33-17-19-34(20-18-33)30(14-15-30)23-9-3-2-4-10-23/h2-13,16,21,32H,14-15,17-20H2,1H3. The number of ether oxygens (including phenoxy) is 1. The Bertz CT molecular complexity index is 1620. The fourth-order valence-electron chi connectivity index (χ4n) is 5.60. The first-order valence-electron chi connectivity index (χ1n) is 13.1. The second-order valence-electron chi connectivity index (χ2n) is 10.0. The summed E-state index contributed by atoms with van der Waals surface area (Å²) < 4.78 is 34.6. The first kappa shape index (κ1) is 25.3. The highest BCUT2D eigenvalue weighted by atomic mass is 32.2. The molecular weight excluding hydrogens is 512 g/mol. The van der Waals surface area contributed by atoms with E-state index in [9.17, 15) is 13.2 Å². The lowest BCUT2D eigenvalue weighted by atomic mass is 10.0. The van der Waals surface area contributed by atoms with E-state index in [0.717, 1.165) is 31.3 Å². The van der Waals surface area contributed by atoms with Crippen molar-refractivity contribution in [1.82, 2.24) is 14.8 Å². The number of benzene rings is 3. The molecule has 2 fully saturated rings. The molecule has 1 saturated heterocycles. The molecule has 8 nitrogen and oxygen atoms in total. The van der Waals surface area contributed by atoms with Crippen molar-refractivity contribution in [3.05, 3.63) is 96.2 Å². The number of hydrogen-bond donors (Lipinski definition) is 1. The summed E-state index contributed by atoms with van der Waals surface area (Å²) in [5.74, 6) is 0.199. The van der Waals surface area contributed by atoms with E-state index >= 15 is 0 Å². The van der Waals surface area contributed by atoms with Gasteiger partial charge in [0.25, 0.3) is 15.9 Å². The number of carbonyl (C=O) groups excluding carboxylic acids is 1. The molecule has 3 aromatic carbocycles. The lowest BCUT2D eigenvalue weighted by molar-refractivity contribution is 0.0528. The number of piperazine rings is 1. The third-order valence-corrected chi connectivity index (χ3v) is 9.19. The SMILES string of the molecule is COc1cc(NS(=O)(=O)c2cccc3cccnc23)ccc1C(=O)N1CCN(C2(c3ccccc3)CC2)CC1. The van der Waals surface area contributed by atoms with Crippen LogP contribution in [0.25, 0.3) is 10.9 Å². The van der Waals surface area contributed by atoms with Gasteiger partial charge < -0.3 is 9.64 Å². The molecule has 1 aliphatic heterocycles. The number of pyridine rings is 1. The van der Waals surface area contributed by atoms with Gasteiger partial charge in [0, 0.05) is 49.4 Å². The molecule has 1 aliphatic carbocycles. The van der Waals surface area contributed by atoms with Gasteiger partial charge in [-0.1, -0.05) is 48.5 Å². The molecule has 39 heavy (non-hydrogen) atoms. The number of anilines is 1. The zero-order valence-corrected chi connectivity index (χ0v) is 22.5. The Kier molecular flexibility index (Phi) is 6.48. The lowest BCUT2D eigenvalue weighted by Crippen LogP contribution is -2.52. The Morgan fingerprint density at radius 1 is 0.923 bits per heavy atom. The molecule has 0 radical (unpaired) electrons. The maximum Gasteiger partial charge on any atom is 0.264 e. The summed E-state index contributed by atoms with van der Waals surface area (Å²) in [6.45, 7) is 2.86. The molecule has 1 amide bonds. The van der Waals surface area contributed by atoms with Crippen LogP contribution in [0.4, 0.5) is 5.69 Å². The normalized spacial score (nSPS) is 17.1. The summed E-state index contributed by atoms with van der Waals surface area (Å²) in [5.41, 5.74) is 2.56. The van der Waals surface area contributed by atoms with Crippen molar-refractivity contribution < 1.29 is 17.9 Å². The summed E-state index contributed by atoms with van der Waals surface area (Å²) in [7, 11) is -2.44. The quantitative estimate of drug-likeness (QED) is 0.370. The molecule has 0 unspecified atom stereocenters. The Balaban J connectivity index is 1.17. The molecule has 2 heterocycles. The molecule has 1 N–H and O–H groups in total. The number of para-hydroxylation sites is 1. The Morgan fingerprint density at radius 2 is 1.67 bits per heavy atom.